The first kappa shape index (κ1) is 8.26. The summed E-state index contributed by atoms with van der Waals surface area (Å²) in [6.45, 7) is 1.65. The molecule has 0 saturated heterocycles. The van der Waals surface area contributed by atoms with E-state index in [1.165, 1.54) is 0 Å². The Morgan fingerprint density at radius 3 is 2.77 bits per heavy atom. The molecule has 1 aliphatic carbocycles. The highest BCUT2D eigenvalue weighted by Gasteiger charge is 2.37. The van der Waals surface area contributed by atoms with Crippen LogP contribution >= 0.6 is 0 Å². The summed E-state index contributed by atoms with van der Waals surface area (Å²) in [7, 11) is 0. The minimum absolute atomic E-state index is 0.364. The molecule has 2 N–H and O–H groups in total. The Morgan fingerprint density at radius 2 is 2.08 bits per heavy atom. The highest BCUT2D eigenvalue weighted by molar-refractivity contribution is 6.09. The molecule has 68 valence electrons. The second-order valence-corrected chi connectivity index (χ2v) is 3.56. The molecule has 0 spiro atoms. The van der Waals surface area contributed by atoms with Crippen LogP contribution in [0.2, 0.25) is 0 Å². The summed E-state index contributed by atoms with van der Waals surface area (Å²) in [5.41, 5.74) is 1.21. The lowest BCUT2D eigenvalue weighted by atomic mass is 10.0. The van der Waals surface area contributed by atoms with Crippen molar-refractivity contribution in [2.75, 3.05) is 0 Å². The second-order valence-electron chi connectivity index (χ2n) is 3.56. The van der Waals surface area contributed by atoms with Crippen LogP contribution in [0.1, 0.15) is 18.1 Å². The predicted octanol–water partition coefficient (Wildman–Crippen LogP) is 1.17. The highest BCUT2D eigenvalue weighted by atomic mass is 16.4. The van der Waals surface area contributed by atoms with Crippen molar-refractivity contribution in [1.29, 1.82) is 0 Å². The summed E-state index contributed by atoms with van der Waals surface area (Å²) >= 11 is 0. The minimum Gasteiger partial charge on any atom is -0.411 e. The largest absolute Gasteiger partial charge is 0.411 e. The molecular formula is C10H11NO2. The number of fused-ring (bicyclic) bond motifs is 1. The maximum Gasteiger partial charge on any atom is 0.119 e. The van der Waals surface area contributed by atoms with Crippen molar-refractivity contribution in [3.05, 3.63) is 35.4 Å². The summed E-state index contributed by atoms with van der Waals surface area (Å²) in [6, 6.07) is 7.56. The lowest BCUT2D eigenvalue weighted by Crippen LogP contribution is -2.32. The van der Waals surface area contributed by atoms with Gasteiger partial charge in [0.05, 0.1) is 0 Å². The Bertz CT molecular complexity index is 369. The van der Waals surface area contributed by atoms with Crippen LogP contribution in [0.15, 0.2) is 29.4 Å². The van der Waals surface area contributed by atoms with E-state index in [-0.39, 0.29) is 0 Å². The molecule has 1 aliphatic rings. The third-order valence-corrected chi connectivity index (χ3v) is 2.42. The molecule has 3 nitrogen and oxygen atoms in total. The van der Waals surface area contributed by atoms with Crippen LogP contribution < -0.4 is 0 Å². The SMILES string of the molecule is CC1(O)Cc2ccccc2C1=NO. The number of hydrogen-bond donors (Lipinski definition) is 2. The zero-order chi connectivity index (χ0) is 9.47. The van der Waals surface area contributed by atoms with Crippen LogP contribution in [0, 0.1) is 0 Å². The Morgan fingerprint density at radius 1 is 1.38 bits per heavy atom. The van der Waals surface area contributed by atoms with Gasteiger partial charge in [0.25, 0.3) is 0 Å². The Kier molecular flexibility index (Phi) is 1.63. The van der Waals surface area contributed by atoms with Gasteiger partial charge in [-0.25, -0.2) is 0 Å². The number of oxime groups is 1. The Balaban J connectivity index is 2.60. The molecule has 1 aromatic carbocycles. The van der Waals surface area contributed by atoms with Gasteiger partial charge in [0, 0.05) is 12.0 Å². The van der Waals surface area contributed by atoms with Crippen molar-refractivity contribution in [2.45, 2.75) is 18.9 Å². The first-order valence-electron chi connectivity index (χ1n) is 4.18. The highest BCUT2D eigenvalue weighted by Crippen LogP contribution is 2.29. The predicted molar refractivity (Wildman–Crippen MR) is 49.1 cm³/mol. The zero-order valence-electron chi connectivity index (χ0n) is 7.36. The fourth-order valence-corrected chi connectivity index (χ4v) is 1.81. The number of aliphatic hydroxyl groups is 1. The topological polar surface area (TPSA) is 52.8 Å². The molecular weight excluding hydrogens is 166 g/mol. The number of hydrogen-bond acceptors (Lipinski definition) is 3. The van der Waals surface area contributed by atoms with Crippen LogP contribution in [0.5, 0.6) is 0 Å². The number of nitrogens with zero attached hydrogens (tertiary/aromatic N) is 1. The van der Waals surface area contributed by atoms with Crippen LogP contribution in [0.4, 0.5) is 0 Å². The fraction of sp³-hybridized carbons (Fsp3) is 0.300. The van der Waals surface area contributed by atoms with Crippen LogP contribution in [0.3, 0.4) is 0 Å². The molecule has 0 bridgehead atoms. The van der Waals surface area contributed by atoms with E-state index in [1.807, 2.05) is 24.3 Å². The van der Waals surface area contributed by atoms with Gasteiger partial charge in [-0.1, -0.05) is 29.4 Å². The molecule has 0 aromatic heterocycles. The van der Waals surface area contributed by atoms with Crippen molar-refractivity contribution >= 4 is 5.71 Å². The number of rotatable bonds is 0. The van der Waals surface area contributed by atoms with E-state index in [0.717, 1.165) is 11.1 Å². The van der Waals surface area contributed by atoms with Crippen molar-refractivity contribution < 1.29 is 10.3 Å². The van der Waals surface area contributed by atoms with Gasteiger partial charge in [-0.15, -0.1) is 0 Å². The Labute approximate surface area is 76.3 Å². The van der Waals surface area contributed by atoms with E-state index in [9.17, 15) is 5.11 Å². The first-order chi connectivity index (χ1) is 6.15. The lowest BCUT2D eigenvalue weighted by Gasteiger charge is -2.14. The van der Waals surface area contributed by atoms with E-state index < -0.39 is 5.60 Å². The second kappa shape index (κ2) is 2.57. The molecule has 0 radical (unpaired) electrons. The lowest BCUT2D eigenvalue weighted by molar-refractivity contribution is 0.134. The van der Waals surface area contributed by atoms with Crippen molar-refractivity contribution in [2.24, 2.45) is 5.16 Å². The number of benzene rings is 1. The van der Waals surface area contributed by atoms with E-state index in [0.29, 0.717) is 12.1 Å². The van der Waals surface area contributed by atoms with E-state index in [2.05, 4.69) is 5.16 Å². The van der Waals surface area contributed by atoms with E-state index >= 15 is 0 Å². The van der Waals surface area contributed by atoms with Crippen molar-refractivity contribution in [3.63, 3.8) is 0 Å². The maximum atomic E-state index is 9.88. The summed E-state index contributed by atoms with van der Waals surface area (Å²) in [5, 5.41) is 21.8. The van der Waals surface area contributed by atoms with Crippen molar-refractivity contribution in [3.8, 4) is 0 Å². The quantitative estimate of drug-likeness (QED) is 0.461. The van der Waals surface area contributed by atoms with Gasteiger partial charge in [-0.3, -0.25) is 0 Å². The van der Waals surface area contributed by atoms with Crippen LogP contribution in [-0.2, 0) is 6.42 Å². The zero-order valence-corrected chi connectivity index (χ0v) is 7.36. The van der Waals surface area contributed by atoms with E-state index in [1.54, 1.807) is 6.92 Å². The molecule has 0 amide bonds. The summed E-state index contributed by atoms with van der Waals surface area (Å²) in [4.78, 5) is 0. The van der Waals surface area contributed by atoms with Gasteiger partial charge in [0.2, 0.25) is 0 Å². The standard InChI is InChI=1S/C10H11NO2/c1-10(12)6-7-4-2-3-5-8(7)9(10)11-13/h2-5,12-13H,6H2,1H3. The molecule has 1 unspecified atom stereocenters. The van der Waals surface area contributed by atoms with Gasteiger partial charge in [-0.2, -0.15) is 0 Å². The smallest absolute Gasteiger partial charge is 0.119 e. The third kappa shape index (κ3) is 1.12. The van der Waals surface area contributed by atoms with Gasteiger partial charge in [-0.05, 0) is 12.5 Å². The van der Waals surface area contributed by atoms with Gasteiger partial charge < -0.3 is 10.3 Å². The van der Waals surface area contributed by atoms with Gasteiger partial charge in [0.15, 0.2) is 0 Å². The monoisotopic (exact) mass is 177 g/mol. The average Bonchev–Trinajstić information content (AvgIpc) is 2.33. The summed E-state index contributed by atoms with van der Waals surface area (Å²) in [6.07, 6.45) is 0.516. The van der Waals surface area contributed by atoms with Gasteiger partial charge in [0.1, 0.15) is 11.3 Å². The molecule has 1 aromatic rings. The van der Waals surface area contributed by atoms with E-state index in [4.69, 9.17) is 5.21 Å². The van der Waals surface area contributed by atoms with Crippen LogP contribution in [-0.4, -0.2) is 21.6 Å². The molecule has 1 atom stereocenters. The summed E-state index contributed by atoms with van der Waals surface area (Å²) < 4.78 is 0. The molecule has 0 aliphatic heterocycles. The van der Waals surface area contributed by atoms with Gasteiger partial charge >= 0.3 is 0 Å². The average molecular weight is 177 g/mol. The maximum absolute atomic E-state index is 9.88. The molecule has 0 saturated carbocycles. The molecule has 13 heavy (non-hydrogen) atoms. The fourth-order valence-electron chi connectivity index (χ4n) is 1.81. The summed E-state index contributed by atoms with van der Waals surface area (Å²) in [5.74, 6) is 0. The third-order valence-electron chi connectivity index (χ3n) is 2.42. The van der Waals surface area contributed by atoms with Crippen LogP contribution in [0.25, 0.3) is 0 Å². The molecule has 0 fully saturated rings. The molecule has 3 heteroatoms. The molecule has 0 heterocycles. The normalized spacial score (nSPS) is 29.2. The Hall–Kier alpha value is -1.35. The van der Waals surface area contributed by atoms with Crippen molar-refractivity contribution in [1.82, 2.24) is 0 Å². The molecule has 2 rings (SSSR count). The minimum atomic E-state index is -1.03. The first-order valence-corrected chi connectivity index (χ1v) is 4.18.